The third-order valence-corrected chi connectivity index (χ3v) is 10.6. The number of hydrogen-bond acceptors (Lipinski definition) is 4. The molecule has 5 aliphatic rings. The number of amides is 1. The highest BCUT2D eigenvalue weighted by Crippen LogP contribution is 2.62. The Morgan fingerprint density at radius 3 is 2.83 bits per heavy atom. The van der Waals surface area contributed by atoms with Crippen molar-refractivity contribution in [2.75, 3.05) is 20.1 Å². The quantitative estimate of drug-likeness (QED) is 0.623. The molecule has 3 fully saturated rings. The van der Waals surface area contributed by atoms with E-state index in [0.29, 0.717) is 34.3 Å². The smallest absolute Gasteiger partial charge is 0.227 e. The Morgan fingerprint density at radius 1 is 1.22 bits per heavy atom. The molecule has 1 amide bonds. The fourth-order valence-corrected chi connectivity index (χ4v) is 8.38. The topological polar surface area (TPSA) is 53.0 Å². The Kier molecular flexibility index (Phi) is 5.42. The predicted molar refractivity (Wildman–Crippen MR) is 140 cm³/mol. The molecule has 2 unspecified atom stereocenters. The minimum Gasteiger partial charge on any atom is -0.487 e. The van der Waals surface area contributed by atoms with Crippen molar-refractivity contribution in [2.45, 2.75) is 68.2 Å². The van der Waals surface area contributed by atoms with Crippen LogP contribution in [0.2, 0.25) is 10.0 Å². The summed E-state index contributed by atoms with van der Waals surface area (Å²) in [7, 11) is 1.94. The second-order valence-corrected chi connectivity index (χ2v) is 12.4. The number of likely N-dealkylation sites (N-methyl/N-ethyl adjacent to an activating group) is 1. The lowest BCUT2D eigenvalue weighted by atomic mass is 9.51. The van der Waals surface area contributed by atoms with Gasteiger partial charge < -0.3 is 14.7 Å². The van der Waals surface area contributed by atoms with Gasteiger partial charge in [0.1, 0.15) is 11.9 Å². The van der Waals surface area contributed by atoms with E-state index >= 15 is 0 Å². The van der Waals surface area contributed by atoms with Crippen LogP contribution in [-0.4, -0.2) is 65.2 Å². The molecule has 7 rings (SSSR count). The molecule has 2 aliphatic heterocycles. The zero-order valence-corrected chi connectivity index (χ0v) is 22.0. The summed E-state index contributed by atoms with van der Waals surface area (Å²) in [5.74, 6) is 2.08. The number of halogens is 2. The Hall–Kier alpha value is -1.79. The average molecular weight is 527 g/mol. The van der Waals surface area contributed by atoms with Crippen LogP contribution in [0.4, 0.5) is 0 Å². The molecule has 7 heteroatoms. The van der Waals surface area contributed by atoms with Crippen molar-refractivity contribution >= 4 is 29.1 Å². The molecule has 1 spiro atoms. The first-order chi connectivity index (χ1) is 17.4. The molecule has 0 aromatic heterocycles. The molecular formula is C29H32Cl2N2O3. The second kappa shape index (κ2) is 8.36. The minimum atomic E-state index is -0.114. The van der Waals surface area contributed by atoms with Gasteiger partial charge in [-0.2, -0.15) is 0 Å². The maximum atomic E-state index is 13.5. The van der Waals surface area contributed by atoms with E-state index in [0.717, 1.165) is 56.5 Å². The number of piperidine rings is 1. The van der Waals surface area contributed by atoms with E-state index in [1.807, 2.05) is 18.0 Å². The highest BCUT2D eigenvalue weighted by molar-refractivity contribution is 6.42. The van der Waals surface area contributed by atoms with Gasteiger partial charge in [-0.05, 0) is 73.9 Å². The minimum absolute atomic E-state index is 0.0216. The van der Waals surface area contributed by atoms with Crippen LogP contribution in [0.5, 0.6) is 5.75 Å². The van der Waals surface area contributed by atoms with Crippen molar-refractivity contribution < 1.29 is 14.6 Å². The van der Waals surface area contributed by atoms with Crippen molar-refractivity contribution in [1.29, 1.82) is 0 Å². The van der Waals surface area contributed by atoms with E-state index in [4.69, 9.17) is 27.9 Å². The lowest BCUT2D eigenvalue weighted by Gasteiger charge is -2.60. The number of aliphatic hydroxyl groups is 1. The summed E-state index contributed by atoms with van der Waals surface area (Å²) < 4.78 is 6.80. The highest BCUT2D eigenvalue weighted by Gasteiger charge is 2.66. The molecule has 5 nitrogen and oxygen atoms in total. The van der Waals surface area contributed by atoms with Gasteiger partial charge in [0.25, 0.3) is 0 Å². The van der Waals surface area contributed by atoms with Crippen LogP contribution < -0.4 is 4.74 Å². The van der Waals surface area contributed by atoms with Crippen LogP contribution in [0.25, 0.3) is 0 Å². The lowest BCUT2D eigenvalue weighted by molar-refractivity contribution is -0.139. The molecule has 2 heterocycles. The van der Waals surface area contributed by atoms with Gasteiger partial charge in [0.2, 0.25) is 5.91 Å². The van der Waals surface area contributed by atoms with Gasteiger partial charge in [0.05, 0.1) is 28.6 Å². The lowest BCUT2D eigenvalue weighted by Crippen LogP contribution is -2.69. The molecular weight excluding hydrogens is 495 g/mol. The Bertz CT molecular complexity index is 1240. The normalized spacial score (nSPS) is 35.7. The maximum absolute atomic E-state index is 13.5. The van der Waals surface area contributed by atoms with Crippen molar-refractivity contribution in [3.8, 4) is 5.75 Å². The molecule has 2 saturated carbocycles. The molecule has 1 N–H and O–H groups in total. The fourth-order valence-electron chi connectivity index (χ4n) is 8.06. The Balaban J connectivity index is 1.19. The van der Waals surface area contributed by atoms with E-state index in [9.17, 15) is 9.90 Å². The third kappa shape index (κ3) is 3.39. The van der Waals surface area contributed by atoms with Gasteiger partial charge in [-0.25, -0.2) is 0 Å². The van der Waals surface area contributed by atoms with Gasteiger partial charge >= 0.3 is 0 Å². The largest absolute Gasteiger partial charge is 0.487 e. The molecule has 36 heavy (non-hydrogen) atoms. The monoisotopic (exact) mass is 526 g/mol. The van der Waals surface area contributed by atoms with E-state index < -0.39 is 0 Å². The molecule has 3 aliphatic carbocycles. The fraction of sp³-hybridized carbons (Fsp3) is 0.552. The average Bonchev–Trinajstić information content (AvgIpc) is 3.45. The van der Waals surface area contributed by atoms with Crippen molar-refractivity contribution in [1.82, 2.24) is 9.80 Å². The number of rotatable bonds is 5. The first-order valence-electron chi connectivity index (χ1n) is 13.3. The zero-order valence-electron chi connectivity index (χ0n) is 20.5. The molecule has 2 aromatic rings. The van der Waals surface area contributed by atoms with E-state index in [-0.39, 0.29) is 29.6 Å². The summed E-state index contributed by atoms with van der Waals surface area (Å²) in [5.41, 5.74) is 3.69. The highest BCUT2D eigenvalue weighted by atomic mass is 35.5. The van der Waals surface area contributed by atoms with Crippen LogP contribution >= 0.6 is 23.2 Å². The van der Waals surface area contributed by atoms with Crippen molar-refractivity contribution in [3.63, 3.8) is 0 Å². The number of nitrogens with zero attached hydrogens (tertiary/aromatic N) is 2. The van der Waals surface area contributed by atoms with Gasteiger partial charge in [-0.3, -0.25) is 9.69 Å². The maximum Gasteiger partial charge on any atom is 0.227 e. The van der Waals surface area contributed by atoms with Crippen LogP contribution in [0.1, 0.15) is 42.4 Å². The molecule has 190 valence electrons. The number of aliphatic hydroxyl groups excluding tert-OH is 1. The number of carbonyl (C=O) groups is 1. The van der Waals surface area contributed by atoms with E-state index in [1.54, 1.807) is 12.1 Å². The summed E-state index contributed by atoms with van der Waals surface area (Å²) in [6.07, 6.45) is 5.26. The van der Waals surface area contributed by atoms with Crippen LogP contribution in [-0.2, 0) is 23.1 Å². The van der Waals surface area contributed by atoms with Crippen LogP contribution in [0, 0.1) is 11.8 Å². The molecule has 7 atom stereocenters. The predicted octanol–water partition coefficient (Wildman–Crippen LogP) is 4.48. The number of likely N-dealkylation sites (tertiary alicyclic amines) is 1. The SMILES string of the molecule is CN(C(=O)Cc1ccc(Cl)c(Cl)c1)[C@H]1CC[C@H]2[C@H]3Cc4cccc5c4[C@@]2(CCN3CC2CC2O)[C@H]1O5. The number of carbonyl (C=O) groups excluding carboxylic acids is 1. The van der Waals surface area contributed by atoms with Gasteiger partial charge in [0.15, 0.2) is 0 Å². The molecule has 2 aromatic carbocycles. The van der Waals surface area contributed by atoms with Crippen LogP contribution in [0.15, 0.2) is 36.4 Å². The van der Waals surface area contributed by atoms with E-state index in [1.165, 1.54) is 11.1 Å². The third-order valence-electron chi connectivity index (χ3n) is 9.88. The van der Waals surface area contributed by atoms with Crippen molar-refractivity contribution in [2.24, 2.45) is 11.8 Å². The van der Waals surface area contributed by atoms with Crippen molar-refractivity contribution in [3.05, 3.63) is 63.1 Å². The summed E-state index contributed by atoms with van der Waals surface area (Å²) in [6, 6.07) is 12.5. The van der Waals surface area contributed by atoms with Crippen LogP contribution in [0.3, 0.4) is 0 Å². The summed E-state index contributed by atoms with van der Waals surface area (Å²) in [6.45, 7) is 2.04. The summed E-state index contributed by atoms with van der Waals surface area (Å²) in [5, 5.41) is 11.0. The summed E-state index contributed by atoms with van der Waals surface area (Å²) >= 11 is 12.3. The standard InChI is InChI=1S/C29H32Cl2N2O3/c1-32(26(35)12-16-5-7-20(30)21(31)11-16)22-8-6-19-23-13-17-3-2-4-25-27(17)29(19,28(22)36-25)9-10-33(23)15-18-14-24(18)34/h2-5,7,11,18-19,22-24,28,34H,6,8-10,12-15H2,1H3/t18?,19-,22-,23+,24?,28-,29-/m0/s1. The summed E-state index contributed by atoms with van der Waals surface area (Å²) in [4.78, 5) is 18.1. The molecule has 0 radical (unpaired) electrons. The number of hydrogen-bond donors (Lipinski definition) is 1. The van der Waals surface area contributed by atoms with Gasteiger partial charge in [-0.15, -0.1) is 0 Å². The first-order valence-corrected chi connectivity index (χ1v) is 14.0. The molecule has 1 saturated heterocycles. The Labute approximate surface area is 222 Å². The number of benzene rings is 2. The Morgan fingerprint density at radius 2 is 2.06 bits per heavy atom. The van der Waals surface area contributed by atoms with Gasteiger partial charge in [0, 0.05) is 36.5 Å². The molecule has 2 bridgehead atoms. The first kappa shape index (κ1) is 23.3. The van der Waals surface area contributed by atoms with E-state index in [2.05, 4.69) is 23.1 Å². The zero-order chi connectivity index (χ0) is 24.8. The van der Waals surface area contributed by atoms with Gasteiger partial charge in [-0.1, -0.05) is 41.4 Å². The number of ether oxygens (including phenoxy) is 1. The second-order valence-electron chi connectivity index (χ2n) is 11.6.